The molecule has 4 aromatic rings. The maximum Gasteiger partial charge on any atom is 0.310 e. The van der Waals surface area contributed by atoms with E-state index in [1.165, 1.54) is 11.3 Å². The second-order valence-corrected chi connectivity index (χ2v) is 7.74. The number of ketones is 1. The number of halogens is 1. The molecule has 0 saturated heterocycles. The number of benzene rings is 2. The first kappa shape index (κ1) is 18.4. The number of carbonyl (C=O) groups excluding carboxylic acids is 1. The van der Waals surface area contributed by atoms with Gasteiger partial charge >= 0.3 is 5.97 Å². The zero-order valence-electron chi connectivity index (χ0n) is 14.8. The smallest absolute Gasteiger partial charge is 0.310 e. The molecule has 0 radical (unpaired) electrons. The molecule has 0 saturated carbocycles. The number of nitrogens with zero attached hydrogens (tertiary/aromatic N) is 1. The van der Waals surface area contributed by atoms with Crippen LogP contribution in [0.1, 0.15) is 34.5 Å². The molecule has 2 N–H and O–H groups in total. The zero-order chi connectivity index (χ0) is 19.8. The van der Waals surface area contributed by atoms with E-state index in [0.29, 0.717) is 27.1 Å². The summed E-state index contributed by atoms with van der Waals surface area (Å²) in [6.45, 7) is 1.57. The Morgan fingerprint density at radius 3 is 2.57 bits per heavy atom. The number of hydrogen-bond donors (Lipinski definition) is 2. The fourth-order valence-corrected chi connectivity index (χ4v) is 4.03. The van der Waals surface area contributed by atoms with E-state index in [4.69, 9.17) is 11.6 Å². The first-order valence-electron chi connectivity index (χ1n) is 8.54. The monoisotopic (exact) mass is 410 g/mol. The molecule has 0 fully saturated rings. The summed E-state index contributed by atoms with van der Waals surface area (Å²) in [5, 5.41) is 13.5. The summed E-state index contributed by atoms with van der Waals surface area (Å²) in [4.78, 5) is 32.2. The summed E-state index contributed by atoms with van der Waals surface area (Å²) in [6.07, 6.45) is 1.73. The molecule has 140 valence electrons. The van der Waals surface area contributed by atoms with Gasteiger partial charge in [0.05, 0.1) is 11.6 Å². The van der Waals surface area contributed by atoms with E-state index in [1.807, 2.05) is 17.5 Å². The van der Waals surface area contributed by atoms with Crippen molar-refractivity contribution in [3.05, 3.63) is 75.9 Å². The predicted molar refractivity (Wildman–Crippen MR) is 110 cm³/mol. The Morgan fingerprint density at radius 2 is 1.93 bits per heavy atom. The highest BCUT2D eigenvalue weighted by molar-refractivity contribution is 7.13. The number of aromatic amines is 1. The third-order valence-electron chi connectivity index (χ3n) is 4.66. The topological polar surface area (TPSA) is 83.0 Å². The second-order valence-electron chi connectivity index (χ2n) is 6.41. The standard InChI is InChI=1S/C21H15ClN2O3S/c1-11(21(26)27)17-15-7-6-14(22)10-16(15)24-18(17)19(25)12-2-4-13(5-3-12)20-23-8-9-28-20/h2-11,24H,1H3,(H,26,27). The molecule has 0 spiro atoms. The Hall–Kier alpha value is -2.96. The first-order valence-corrected chi connectivity index (χ1v) is 9.80. The van der Waals surface area contributed by atoms with Gasteiger partial charge in [0.1, 0.15) is 5.01 Å². The molecular weight excluding hydrogens is 396 g/mol. The number of carboxylic acids is 1. The highest BCUT2D eigenvalue weighted by Gasteiger charge is 2.26. The molecule has 1 unspecified atom stereocenters. The van der Waals surface area contributed by atoms with E-state index in [-0.39, 0.29) is 11.5 Å². The Kier molecular flexibility index (Phi) is 4.75. The number of nitrogens with one attached hydrogen (secondary N) is 1. The van der Waals surface area contributed by atoms with Crippen LogP contribution in [-0.4, -0.2) is 26.8 Å². The Bertz CT molecular complexity index is 1180. The molecular formula is C21H15ClN2O3S. The average molecular weight is 411 g/mol. The van der Waals surface area contributed by atoms with E-state index in [1.54, 1.807) is 43.5 Å². The van der Waals surface area contributed by atoms with Crippen molar-refractivity contribution in [3.63, 3.8) is 0 Å². The lowest BCUT2D eigenvalue weighted by atomic mass is 9.94. The lowest BCUT2D eigenvalue weighted by Crippen LogP contribution is -2.12. The van der Waals surface area contributed by atoms with Crippen molar-refractivity contribution in [2.75, 3.05) is 0 Å². The molecule has 0 aliphatic carbocycles. The Labute approximate surface area is 169 Å². The van der Waals surface area contributed by atoms with Crippen molar-refractivity contribution in [1.82, 2.24) is 9.97 Å². The predicted octanol–water partition coefficient (Wildman–Crippen LogP) is 5.36. The lowest BCUT2D eigenvalue weighted by Gasteiger charge is -2.09. The highest BCUT2D eigenvalue weighted by atomic mass is 35.5. The number of aromatic nitrogens is 2. The zero-order valence-corrected chi connectivity index (χ0v) is 16.3. The molecule has 2 heterocycles. The molecule has 0 bridgehead atoms. The van der Waals surface area contributed by atoms with Crippen LogP contribution < -0.4 is 0 Å². The molecule has 4 rings (SSSR count). The summed E-state index contributed by atoms with van der Waals surface area (Å²) >= 11 is 7.58. The van der Waals surface area contributed by atoms with E-state index < -0.39 is 11.9 Å². The number of H-pyrrole nitrogens is 1. The summed E-state index contributed by atoms with van der Waals surface area (Å²) in [7, 11) is 0. The lowest BCUT2D eigenvalue weighted by molar-refractivity contribution is -0.138. The van der Waals surface area contributed by atoms with Crippen LogP contribution in [0.15, 0.2) is 54.0 Å². The minimum absolute atomic E-state index is 0.263. The van der Waals surface area contributed by atoms with Gasteiger partial charge < -0.3 is 10.1 Å². The largest absolute Gasteiger partial charge is 0.481 e. The van der Waals surface area contributed by atoms with Crippen molar-refractivity contribution in [1.29, 1.82) is 0 Å². The number of fused-ring (bicyclic) bond motifs is 1. The molecule has 0 aliphatic rings. The van der Waals surface area contributed by atoms with Gasteiger partial charge in [-0.1, -0.05) is 41.9 Å². The maximum atomic E-state index is 13.2. The van der Waals surface area contributed by atoms with E-state index in [9.17, 15) is 14.7 Å². The molecule has 2 aromatic carbocycles. The fraction of sp³-hybridized carbons (Fsp3) is 0.0952. The highest BCUT2D eigenvalue weighted by Crippen LogP contribution is 2.33. The van der Waals surface area contributed by atoms with Crippen molar-refractivity contribution < 1.29 is 14.7 Å². The van der Waals surface area contributed by atoms with Gasteiger partial charge in [-0.25, -0.2) is 4.98 Å². The Morgan fingerprint density at radius 1 is 1.18 bits per heavy atom. The maximum absolute atomic E-state index is 13.2. The molecule has 5 nitrogen and oxygen atoms in total. The second kappa shape index (κ2) is 7.22. The first-order chi connectivity index (χ1) is 13.5. The van der Waals surface area contributed by atoms with Crippen LogP contribution in [0, 0.1) is 0 Å². The molecule has 0 amide bonds. The minimum atomic E-state index is -0.996. The van der Waals surface area contributed by atoms with Gasteiger partial charge in [0.25, 0.3) is 0 Å². The van der Waals surface area contributed by atoms with Crippen LogP contribution >= 0.6 is 22.9 Å². The number of carboxylic acid groups (broad SMARTS) is 1. The Balaban J connectivity index is 1.80. The van der Waals surface area contributed by atoms with Gasteiger partial charge in [-0.3, -0.25) is 9.59 Å². The van der Waals surface area contributed by atoms with Crippen molar-refractivity contribution in [2.24, 2.45) is 0 Å². The molecule has 2 aromatic heterocycles. The van der Waals surface area contributed by atoms with Gasteiger partial charge in [0.2, 0.25) is 5.78 Å². The summed E-state index contributed by atoms with van der Waals surface area (Å²) in [6, 6.07) is 12.3. The van der Waals surface area contributed by atoms with Gasteiger partial charge in [0.15, 0.2) is 0 Å². The van der Waals surface area contributed by atoms with Gasteiger partial charge in [-0.05, 0) is 19.1 Å². The van der Waals surface area contributed by atoms with E-state index in [0.717, 1.165) is 10.6 Å². The van der Waals surface area contributed by atoms with Crippen molar-refractivity contribution in [2.45, 2.75) is 12.8 Å². The summed E-state index contributed by atoms with van der Waals surface area (Å²) in [5.41, 5.74) is 2.77. The van der Waals surface area contributed by atoms with Gasteiger partial charge in [-0.2, -0.15) is 0 Å². The van der Waals surface area contributed by atoms with Gasteiger partial charge in [-0.15, -0.1) is 11.3 Å². The third kappa shape index (κ3) is 3.21. The van der Waals surface area contributed by atoms with Crippen LogP contribution in [-0.2, 0) is 4.79 Å². The molecule has 0 aliphatic heterocycles. The summed E-state index contributed by atoms with van der Waals surface area (Å²) < 4.78 is 0. The van der Waals surface area contributed by atoms with Crippen LogP contribution in [0.4, 0.5) is 0 Å². The third-order valence-corrected chi connectivity index (χ3v) is 5.71. The number of carbonyl (C=O) groups is 2. The van der Waals surface area contributed by atoms with Gasteiger partial charge in [0, 0.05) is 44.2 Å². The normalized spacial score (nSPS) is 12.2. The van der Waals surface area contributed by atoms with Crippen LogP contribution in [0.5, 0.6) is 0 Å². The van der Waals surface area contributed by atoms with E-state index >= 15 is 0 Å². The number of thiazole rings is 1. The van der Waals surface area contributed by atoms with Crippen LogP contribution in [0.3, 0.4) is 0 Å². The molecule has 1 atom stereocenters. The average Bonchev–Trinajstić information content (AvgIpc) is 3.34. The quantitative estimate of drug-likeness (QED) is 0.433. The minimum Gasteiger partial charge on any atom is -0.481 e. The SMILES string of the molecule is CC(C(=O)O)c1c(C(=O)c2ccc(-c3nccs3)cc2)[nH]c2cc(Cl)ccc12. The van der Waals surface area contributed by atoms with Crippen LogP contribution in [0.2, 0.25) is 5.02 Å². The number of hydrogen-bond acceptors (Lipinski definition) is 4. The summed E-state index contributed by atoms with van der Waals surface area (Å²) in [5.74, 6) is -2.10. The van der Waals surface area contributed by atoms with Crippen molar-refractivity contribution >= 4 is 45.6 Å². The van der Waals surface area contributed by atoms with Crippen LogP contribution in [0.25, 0.3) is 21.5 Å². The number of rotatable bonds is 5. The number of aliphatic carboxylic acids is 1. The molecule has 28 heavy (non-hydrogen) atoms. The fourth-order valence-electron chi connectivity index (χ4n) is 3.22. The van der Waals surface area contributed by atoms with Crippen molar-refractivity contribution in [3.8, 4) is 10.6 Å². The molecule has 7 heteroatoms. The van der Waals surface area contributed by atoms with E-state index in [2.05, 4.69) is 9.97 Å².